The molecular weight excluding hydrogens is 777 g/mol. The molecule has 2 aromatic carbocycles. The number of nitrogens with two attached hydrogens (primary N) is 1. The van der Waals surface area contributed by atoms with Crippen LogP contribution in [0.3, 0.4) is 0 Å². The fourth-order valence-corrected chi connectivity index (χ4v) is 9.36. The number of phenols is 1. The summed E-state index contributed by atoms with van der Waals surface area (Å²) >= 11 is 0. The lowest BCUT2D eigenvalue weighted by molar-refractivity contribution is -0.139. The number of ether oxygens (including phenoxy) is 2. The van der Waals surface area contributed by atoms with Crippen molar-refractivity contribution in [1.82, 2.24) is 29.9 Å². The van der Waals surface area contributed by atoms with Gasteiger partial charge in [-0.3, -0.25) is 39.9 Å². The van der Waals surface area contributed by atoms with E-state index in [2.05, 4.69) is 42.0 Å². The summed E-state index contributed by atoms with van der Waals surface area (Å²) in [6.45, 7) is 7.78. The molecule has 3 atom stereocenters. The number of pyridine rings is 1. The molecule has 5 aliphatic heterocycles. The van der Waals surface area contributed by atoms with Crippen LogP contribution in [0.4, 0.5) is 5.69 Å². The van der Waals surface area contributed by atoms with Crippen molar-refractivity contribution in [2.24, 2.45) is 5.73 Å². The number of benzene rings is 2. The molecule has 16 heteroatoms. The Labute approximate surface area is 356 Å². The van der Waals surface area contributed by atoms with E-state index in [4.69, 9.17) is 26.0 Å². The lowest BCUT2D eigenvalue weighted by atomic mass is 9.93. The minimum Gasteiger partial charge on any atom is -0.507 e. The number of aromatic hydroxyl groups is 1. The second kappa shape index (κ2) is 18.7. The largest absolute Gasteiger partial charge is 0.507 e. The number of para-hydroxylation sites is 1. The van der Waals surface area contributed by atoms with Gasteiger partial charge >= 0.3 is 0 Å². The molecule has 0 spiro atoms. The lowest BCUT2D eigenvalue weighted by Gasteiger charge is -2.44. The molecule has 2 bridgehead atoms. The first-order chi connectivity index (χ1) is 29.6. The molecule has 1 aromatic heterocycles. The Morgan fingerprint density at radius 1 is 0.869 bits per heavy atom. The van der Waals surface area contributed by atoms with Gasteiger partial charge < -0.3 is 40.4 Å². The molecular formula is C45H56N10O6. The third kappa shape index (κ3) is 9.97. The average Bonchev–Trinajstić information content (AvgIpc) is 3.53. The maximum atomic E-state index is 13.3. The maximum Gasteiger partial charge on any atom is 0.267 e. The molecule has 5 fully saturated rings. The Hall–Kier alpha value is -6.00. The fourth-order valence-electron chi connectivity index (χ4n) is 9.36. The van der Waals surface area contributed by atoms with Crippen molar-refractivity contribution in [3.8, 4) is 17.2 Å². The molecule has 6 heterocycles. The standard InChI is InChI=1S/C45H56N10O6/c46-37(36-6-1-2-7-40(36)56)25-39(44(47)48)54-27-32-8-9-33(28-54)55(32)31-4-3-5-34(24-31)60-23-22-51-18-20-53(21-19-51)43(58)29-52-16-14-30(15-17-52)38-11-10-35(26-49-38)61-41-12-13-42(57)50-45(41)59/h1-7,10-11,24-26,30,32-33,41,46,56H,8-9,12-23,27-29H2,(H3,47,48)(H,50,57,59)/b39-25+,46-37?. The molecule has 0 radical (unpaired) electrons. The van der Waals surface area contributed by atoms with Gasteiger partial charge in [0, 0.05) is 99.7 Å². The van der Waals surface area contributed by atoms with Crippen molar-refractivity contribution >= 4 is 35.0 Å². The van der Waals surface area contributed by atoms with Crippen LogP contribution >= 0.6 is 0 Å². The number of amidine groups is 1. The van der Waals surface area contributed by atoms with Crippen LogP contribution < -0.4 is 25.4 Å². The number of nitrogens with one attached hydrogen (secondary N) is 3. The number of allylic oxidation sites excluding steroid dienone is 1. The first-order valence-electron chi connectivity index (χ1n) is 21.5. The van der Waals surface area contributed by atoms with Crippen molar-refractivity contribution < 1.29 is 29.0 Å². The number of imide groups is 1. The molecule has 3 amide bonds. The number of hydrogen-bond acceptors (Lipinski definition) is 13. The number of piperazine rings is 2. The van der Waals surface area contributed by atoms with Crippen LogP contribution in [0, 0.1) is 10.8 Å². The van der Waals surface area contributed by atoms with Crippen LogP contribution in [0.15, 0.2) is 78.6 Å². The number of phenolic OH excluding ortho intramolecular Hbond substituents is 1. The van der Waals surface area contributed by atoms with Crippen molar-refractivity contribution in [2.75, 3.05) is 77.0 Å². The number of amides is 3. The summed E-state index contributed by atoms with van der Waals surface area (Å²) in [6, 6.07) is 19.2. The number of hydrogen-bond donors (Lipinski definition) is 5. The molecule has 16 nitrogen and oxygen atoms in total. The summed E-state index contributed by atoms with van der Waals surface area (Å²) in [6.07, 6.45) is 7.05. The fraction of sp³-hybridized carbons (Fsp3) is 0.467. The van der Waals surface area contributed by atoms with E-state index in [1.54, 1.807) is 36.5 Å². The predicted molar refractivity (Wildman–Crippen MR) is 230 cm³/mol. The normalized spacial score (nSPS) is 22.9. The zero-order chi connectivity index (χ0) is 42.5. The highest BCUT2D eigenvalue weighted by Gasteiger charge is 2.41. The second-order valence-corrected chi connectivity index (χ2v) is 16.7. The van der Waals surface area contributed by atoms with Gasteiger partial charge in [-0.25, -0.2) is 0 Å². The first kappa shape index (κ1) is 41.7. The summed E-state index contributed by atoms with van der Waals surface area (Å²) in [5, 5.41) is 29.5. The van der Waals surface area contributed by atoms with Crippen molar-refractivity contribution in [3.63, 3.8) is 0 Å². The third-order valence-electron chi connectivity index (χ3n) is 12.7. The van der Waals surface area contributed by atoms with Gasteiger partial charge in [-0.15, -0.1) is 0 Å². The number of carbonyl (C=O) groups is 3. The highest BCUT2D eigenvalue weighted by Crippen LogP contribution is 2.37. The third-order valence-corrected chi connectivity index (χ3v) is 12.7. The van der Waals surface area contributed by atoms with E-state index in [1.807, 2.05) is 29.2 Å². The second-order valence-electron chi connectivity index (χ2n) is 16.7. The topological polar surface area (TPSA) is 205 Å². The van der Waals surface area contributed by atoms with Crippen molar-refractivity contribution in [1.29, 1.82) is 10.8 Å². The Morgan fingerprint density at radius 2 is 1.62 bits per heavy atom. The van der Waals surface area contributed by atoms with E-state index in [1.165, 1.54) is 0 Å². The monoisotopic (exact) mass is 832 g/mol. The van der Waals surface area contributed by atoms with Crippen molar-refractivity contribution in [2.45, 2.75) is 62.6 Å². The predicted octanol–water partition coefficient (Wildman–Crippen LogP) is 2.91. The van der Waals surface area contributed by atoms with Crippen LogP contribution in [-0.4, -0.2) is 149 Å². The highest BCUT2D eigenvalue weighted by atomic mass is 16.5. The van der Waals surface area contributed by atoms with Crippen LogP contribution in [0.1, 0.15) is 55.7 Å². The molecule has 322 valence electrons. The van der Waals surface area contributed by atoms with E-state index in [-0.39, 0.29) is 47.6 Å². The summed E-state index contributed by atoms with van der Waals surface area (Å²) in [5.74, 6) is 1.06. The molecule has 3 unspecified atom stereocenters. The number of carbonyl (C=O) groups excluding carboxylic acids is 3. The quantitative estimate of drug-likeness (QED) is 0.0905. The number of anilines is 1. The van der Waals surface area contributed by atoms with E-state index in [9.17, 15) is 19.5 Å². The van der Waals surface area contributed by atoms with Crippen LogP contribution in [-0.2, 0) is 14.4 Å². The summed E-state index contributed by atoms with van der Waals surface area (Å²) in [4.78, 5) is 52.5. The molecule has 5 saturated heterocycles. The Balaban J connectivity index is 0.745. The van der Waals surface area contributed by atoms with E-state index in [0.717, 1.165) is 75.5 Å². The molecule has 61 heavy (non-hydrogen) atoms. The number of rotatable bonds is 14. The number of nitrogens with zero attached hydrogens (tertiary/aromatic N) is 6. The first-order valence-corrected chi connectivity index (χ1v) is 21.5. The number of aromatic nitrogens is 1. The Morgan fingerprint density at radius 3 is 2.31 bits per heavy atom. The smallest absolute Gasteiger partial charge is 0.267 e. The van der Waals surface area contributed by atoms with Gasteiger partial charge in [-0.05, 0) is 81.2 Å². The highest BCUT2D eigenvalue weighted by molar-refractivity contribution is 6.12. The Bertz CT molecular complexity index is 2120. The van der Waals surface area contributed by atoms with Gasteiger partial charge in [0.05, 0.1) is 24.2 Å². The van der Waals surface area contributed by atoms with E-state index >= 15 is 0 Å². The van der Waals surface area contributed by atoms with Gasteiger partial charge in [-0.1, -0.05) is 18.2 Å². The molecule has 6 N–H and O–H groups in total. The zero-order valence-corrected chi connectivity index (χ0v) is 34.5. The van der Waals surface area contributed by atoms with Gasteiger partial charge in [0.15, 0.2) is 6.10 Å². The number of fused-ring (bicyclic) bond motifs is 2. The molecule has 3 aromatic rings. The van der Waals surface area contributed by atoms with Gasteiger partial charge in [0.1, 0.15) is 29.7 Å². The van der Waals surface area contributed by atoms with Gasteiger partial charge in [0.2, 0.25) is 11.8 Å². The van der Waals surface area contributed by atoms with Crippen molar-refractivity contribution in [3.05, 3.63) is 89.9 Å². The number of likely N-dealkylation sites (tertiary alicyclic amines) is 2. The van der Waals surface area contributed by atoms with Gasteiger partial charge in [-0.2, -0.15) is 0 Å². The zero-order valence-electron chi connectivity index (χ0n) is 34.5. The lowest BCUT2D eigenvalue weighted by Crippen LogP contribution is -2.54. The average molecular weight is 833 g/mol. The summed E-state index contributed by atoms with van der Waals surface area (Å²) in [7, 11) is 0. The minimum absolute atomic E-state index is 0.0240. The maximum absolute atomic E-state index is 13.3. The van der Waals surface area contributed by atoms with Crippen LogP contribution in [0.5, 0.6) is 17.2 Å². The summed E-state index contributed by atoms with van der Waals surface area (Å²) in [5.41, 5.74) is 9.17. The SMILES string of the molecule is N=C(N)/C(=C\C(=N)c1ccccc1O)N1CC2CCC(C1)N2c1cccc(OCCN2CCN(C(=O)CN3CCC(c4ccc(OC5CCC(=O)NC5=O)cn4)CC3)CC2)c1. The van der Waals surface area contributed by atoms with Gasteiger partial charge in [0.25, 0.3) is 5.91 Å². The number of piperidine rings is 2. The summed E-state index contributed by atoms with van der Waals surface area (Å²) < 4.78 is 12.1. The van der Waals surface area contributed by atoms with Crippen LogP contribution in [0.25, 0.3) is 0 Å². The van der Waals surface area contributed by atoms with E-state index < -0.39 is 12.0 Å². The molecule has 0 aliphatic carbocycles. The van der Waals surface area contributed by atoms with E-state index in [0.29, 0.717) is 68.7 Å². The van der Waals surface area contributed by atoms with Crippen LogP contribution in [0.2, 0.25) is 0 Å². The molecule has 8 rings (SSSR count). The minimum atomic E-state index is -0.684. The molecule has 5 aliphatic rings. The Kier molecular flexibility index (Phi) is 12.8. The molecule has 0 saturated carbocycles.